The summed E-state index contributed by atoms with van der Waals surface area (Å²) in [6.45, 7) is 11.3. The van der Waals surface area contributed by atoms with Gasteiger partial charge in [0.15, 0.2) is 0 Å². The van der Waals surface area contributed by atoms with Crippen molar-refractivity contribution in [2.24, 2.45) is 0 Å². The molecule has 0 atom stereocenters. The van der Waals surface area contributed by atoms with Gasteiger partial charge in [0.25, 0.3) is 0 Å². The van der Waals surface area contributed by atoms with Crippen LogP contribution in [-0.2, 0) is 6.54 Å². The molecular weight excluding hydrogens is 239 g/mol. The zero-order valence-electron chi connectivity index (χ0n) is 13.0. The number of anilines is 1. The van der Waals surface area contributed by atoms with Gasteiger partial charge in [0.2, 0.25) is 0 Å². The zero-order valence-corrected chi connectivity index (χ0v) is 13.0. The lowest BCUT2D eigenvalue weighted by Crippen LogP contribution is -2.42. The Balaban J connectivity index is 3.10. The minimum Gasteiger partial charge on any atom is -0.367 e. The van der Waals surface area contributed by atoms with Crippen molar-refractivity contribution in [1.29, 1.82) is 0 Å². The van der Waals surface area contributed by atoms with E-state index in [1.54, 1.807) is 6.07 Å². The van der Waals surface area contributed by atoms with Crippen LogP contribution < -0.4 is 10.2 Å². The van der Waals surface area contributed by atoms with Crippen molar-refractivity contribution < 1.29 is 4.39 Å². The molecule has 0 aliphatic carbocycles. The maximum absolute atomic E-state index is 14.2. The molecule has 1 aromatic carbocycles. The van der Waals surface area contributed by atoms with Gasteiger partial charge in [0.05, 0.1) is 5.69 Å². The second kappa shape index (κ2) is 6.38. The number of benzene rings is 1. The molecule has 3 heteroatoms. The molecule has 0 aliphatic rings. The molecule has 0 heterocycles. The number of rotatable bonds is 6. The topological polar surface area (TPSA) is 15.3 Å². The third-order valence-electron chi connectivity index (χ3n) is 3.88. The van der Waals surface area contributed by atoms with Crippen LogP contribution in [0.1, 0.15) is 46.6 Å². The number of hydrogen-bond donors (Lipinski definition) is 1. The fourth-order valence-corrected chi connectivity index (χ4v) is 1.93. The molecule has 0 aromatic heterocycles. The van der Waals surface area contributed by atoms with E-state index in [1.165, 1.54) is 6.07 Å². The fraction of sp³-hybridized carbons (Fsp3) is 0.625. The molecule has 108 valence electrons. The van der Waals surface area contributed by atoms with Crippen molar-refractivity contribution in [3.8, 4) is 0 Å². The molecule has 1 aromatic rings. The monoisotopic (exact) mass is 266 g/mol. The first-order chi connectivity index (χ1) is 8.79. The van der Waals surface area contributed by atoms with Crippen molar-refractivity contribution in [2.75, 3.05) is 11.9 Å². The second-order valence-electron chi connectivity index (χ2n) is 6.01. The number of halogens is 1. The Bertz CT molecular complexity index is 413. The van der Waals surface area contributed by atoms with Gasteiger partial charge in [-0.3, -0.25) is 0 Å². The minimum atomic E-state index is -0.146. The average Bonchev–Trinajstić information content (AvgIpc) is 2.35. The summed E-state index contributed by atoms with van der Waals surface area (Å²) in [6.07, 6.45) is 0.967. The predicted molar refractivity (Wildman–Crippen MR) is 81.1 cm³/mol. The first kappa shape index (κ1) is 16.0. The van der Waals surface area contributed by atoms with Crippen LogP contribution in [0.15, 0.2) is 18.2 Å². The normalized spacial score (nSPS) is 12.0. The van der Waals surface area contributed by atoms with E-state index in [9.17, 15) is 4.39 Å². The molecular formula is C16H27FN2. The predicted octanol–water partition coefficient (Wildman–Crippen LogP) is 3.95. The average molecular weight is 266 g/mol. The summed E-state index contributed by atoms with van der Waals surface area (Å²) in [4.78, 5) is 2.06. The van der Waals surface area contributed by atoms with Gasteiger partial charge >= 0.3 is 0 Å². The maximum atomic E-state index is 14.2. The van der Waals surface area contributed by atoms with Gasteiger partial charge < -0.3 is 10.2 Å². The Morgan fingerprint density at radius 3 is 2.47 bits per heavy atom. The summed E-state index contributed by atoms with van der Waals surface area (Å²) in [5.41, 5.74) is 1.66. The van der Waals surface area contributed by atoms with Gasteiger partial charge in [-0.05, 0) is 31.9 Å². The van der Waals surface area contributed by atoms with Gasteiger partial charge in [0, 0.05) is 25.2 Å². The van der Waals surface area contributed by atoms with Crippen LogP contribution in [0.3, 0.4) is 0 Å². The van der Waals surface area contributed by atoms with Crippen molar-refractivity contribution in [1.82, 2.24) is 5.32 Å². The summed E-state index contributed by atoms with van der Waals surface area (Å²) in [6, 6.07) is 5.70. The van der Waals surface area contributed by atoms with Crippen LogP contribution >= 0.6 is 0 Å². The standard InChI is InChI=1S/C16H27FN2/c1-7-16(4,5)19(6)15-13(11-18-12(2)3)9-8-10-14(15)17/h8-10,12,18H,7,11H2,1-6H3. The van der Waals surface area contributed by atoms with E-state index >= 15 is 0 Å². The highest BCUT2D eigenvalue weighted by Gasteiger charge is 2.25. The van der Waals surface area contributed by atoms with Crippen molar-refractivity contribution >= 4 is 5.69 Å². The summed E-state index contributed by atoms with van der Waals surface area (Å²) in [5, 5.41) is 3.36. The maximum Gasteiger partial charge on any atom is 0.146 e. The number of nitrogens with one attached hydrogen (secondary N) is 1. The Morgan fingerprint density at radius 1 is 1.32 bits per heavy atom. The molecule has 0 spiro atoms. The summed E-state index contributed by atoms with van der Waals surface area (Å²) < 4.78 is 14.2. The molecule has 0 aliphatic heterocycles. The van der Waals surface area contributed by atoms with Crippen LogP contribution in [0.2, 0.25) is 0 Å². The van der Waals surface area contributed by atoms with Crippen LogP contribution in [-0.4, -0.2) is 18.6 Å². The van der Waals surface area contributed by atoms with Gasteiger partial charge in [-0.25, -0.2) is 4.39 Å². The van der Waals surface area contributed by atoms with Crippen LogP contribution in [0.5, 0.6) is 0 Å². The lowest BCUT2D eigenvalue weighted by molar-refractivity contribution is 0.459. The SMILES string of the molecule is CCC(C)(C)N(C)c1c(F)cccc1CNC(C)C. The molecule has 1 rings (SSSR count). The van der Waals surface area contributed by atoms with E-state index in [1.807, 2.05) is 13.1 Å². The third-order valence-corrected chi connectivity index (χ3v) is 3.88. The fourth-order valence-electron chi connectivity index (χ4n) is 1.93. The summed E-state index contributed by atoms with van der Waals surface area (Å²) >= 11 is 0. The van der Waals surface area contributed by atoms with Crippen molar-refractivity contribution in [3.05, 3.63) is 29.6 Å². The minimum absolute atomic E-state index is 0.0607. The molecule has 0 amide bonds. The molecule has 0 saturated heterocycles. The Hall–Kier alpha value is -1.09. The largest absolute Gasteiger partial charge is 0.367 e. The van der Waals surface area contributed by atoms with E-state index in [4.69, 9.17) is 0 Å². The van der Waals surface area contributed by atoms with Crippen LogP contribution in [0.25, 0.3) is 0 Å². The molecule has 1 N–H and O–H groups in total. The molecule has 0 saturated carbocycles. The number of para-hydroxylation sites is 1. The van der Waals surface area contributed by atoms with E-state index in [-0.39, 0.29) is 11.4 Å². The molecule has 0 fully saturated rings. The molecule has 19 heavy (non-hydrogen) atoms. The Labute approximate surface area is 117 Å². The highest BCUT2D eigenvalue weighted by molar-refractivity contribution is 5.56. The number of nitrogens with zero attached hydrogens (tertiary/aromatic N) is 1. The first-order valence-corrected chi connectivity index (χ1v) is 7.04. The zero-order chi connectivity index (χ0) is 14.6. The highest BCUT2D eigenvalue weighted by atomic mass is 19.1. The van der Waals surface area contributed by atoms with Crippen molar-refractivity contribution in [3.63, 3.8) is 0 Å². The van der Waals surface area contributed by atoms with E-state index < -0.39 is 0 Å². The lowest BCUT2D eigenvalue weighted by atomic mass is 9.97. The van der Waals surface area contributed by atoms with Gasteiger partial charge in [-0.1, -0.05) is 32.9 Å². The van der Waals surface area contributed by atoms with Crippen molar-refractivity contribution in [2.45, 2.75) is 59.2 Å². The van der Waals surface area contributed by atoms with E-state index in [2.05, 4.69) is 44.8 Å². The van der Waals surface area contributed by atoms with E-state index in [0.717, 1.165) is 12.0 Å². The van der Waals surface area contributed by atoms with E-state index in [0.29, 0.717) is 18.3 Å². The van der Waals surface area contributed by atoms with Gasteiger partial charge in [-0.2, -0.15) is 0 Å². The van der Waals surface area contributed by atoms with Gasteiger partial charge in [0.1, 0.15) is 5.82 Å². The third kappa shape index (κ3) is 3.93. The first-order valence-electron chi connectivity index (χ1n) is 7.04. The molecule has 2 nitrogen and oxygen atoms in total. The lowest BCUT2D eigenvalue weighted by Gasteiger charge is -2.38. The van der Waals surface area contributed by atoms with Crippen LogP contribution in [0, 0.1) is 5.82 Å². The molecule has 0 bridgehead atoms. The van der Waals surface area contributed by atoms with Gasteiger partial charge in [-0.15, -0.1) is 0 Å². The summed E-state index contributed by atoms with van der Waals surface area (Å²) in [7, 11) is 1.97. The smallest absolute Gasteiger partial charge is 0.146 e. The Morgan fingerprint density at radius 2 is 1.95 bits per heavy atom. The second-order valence-corrected chi connectivity index (χ2v) is 6.01. The molecule has 0 radical (unpaired) electrons. The number of hydrogen-bond acceptors (Lipinski definition) is 2. The Kier molecular flexibility index (Phi) is 5.36. The summed E-state index contributed by atoms with van der Waals surface area (Å²) in [5.74, 6) is -0.146. The molecule has 0 unspecified atom stereocenters. The highest BCUT2D eigenvalue weighted by Crippen LogP contribution is 2.30. The quantitative estimate of drug-likeness (QED) is 0.838. The van der Waals surface area contributed by atoms with Crippen LogP contribution in [0.4, 0.5) is 10.1 Å².